The van der Waals surface area contributed by atoms with Crippen LogP contribution in [-0.2, 0) is 39.4 Å². The van der Waals surface area contributed by atoms with Crippen molar-refractivity contribution in [2.75, 3.05) is 13.2 Å². The van der Waals surface area contributed by atoms with Crippen LogP contribution in [0.15, 0.2) is 0 Å². The molecule has 0 aliphatic rings. The SMILES string of the molecule is CCCCO.CCCCO.Cc1c(F)c(F)c(CO)c(F)c1F.Cc1c(F)c(F)c(CO)c(F)c1F.[Zr]. The van der Waals surface area contributed by atoms with Crippen LogP contribution >= 0.6 is 0 Å². The van der Waals surface area contributed by atoms with Gasteiger partial charge in [-0.1, -0.05) is 26.7 Å². The Kier molecular flexibility index (Phi) is 23.3. The Bertz CT molecular complexity index is 808. The van der Waals surface area contributed by atoms with Gasteiger partial charge in [-0.15, -0.1) is 0 Å². The van der Waals surface area contributed by atoms with Crippen LogP contribution in [0.2, 0.25) is 0 Å². The van der Waals surface area contributed by atoms with Gasteiger partial charge in [0.2, 0.25) is 0 Å². The largest absolute Gasteiger partial charge is 0.396 e. The van der Waals surface area contributed by atoms with Crippen molar-refractivity contribution in [3.63, 3.8) is 0 Å². The average Bonchev–Trinajstić information content (AvgIpc) is 2.87. The van der Waals surface area contributed by atoms with Crippen molar-refractivity contribution in [3.05, 3.63) is 68.8 Å². The quantitative estimate of drug-likeness (QED) is 0.247. The van der Waals surface area contributed by atoms with Gasteiger partial charge >= 0.3 is 0 Å². The van der Waals surface area contributed by atoms with E-state index in [-0.39, 0.29) is 26.2 Å². The summed E-state index contributed by atoms with van der Waals surface area (Å²) in [5, 5.41) is 33.0. The molecular weight excluding hydrogens is 595 g/mol. The Labute approximate surface area is 230 Å². The molecule has 37 heavy (non-hydrogen) atoms. The Balaban J connectivity index is -0.000000453. The molecule has 2 rings (SSSR count). The first kappa shape index (κ1) is 40.1. The van der Waals surface area contributed by atoms with Crippen LogP contribution in [0.5, 0.6) is 0 Å². The summed E-state index contributed by atoms with van der Waals surface area (Å²) < 4.78 is 102. The number of aliphatic hydroxyl groups excluding tert-OH is 4. The molecule has 0 heterocycles. The molecule has 0 aliphatic carbocycles. The fourth-order valence-corrected chi connectivity index (χ4v) is 2.17. The van der Waals surface area contributed by atoms with Gasteiger partial charge in [0.1, 0.15) is 0 Å². The molecule has 0 aliphatic heterocycles. The number of benzene rings is 2. The second-order valence-corrected chi connectivity index (χ2v) is 7.19. The summed E-state index contributed by atoms with van der Waals surface area (Å²) in [6, 6.07) is 0. The number of rotatable bonds is 6. The molecule has 212 valence electrons. The van der Waals surface area contributed by atoms with Crippen LogP contribution in [0, 0.1) is 60.4 Å². The molecule has 2 aromatic rings. The molecular formula is C24H32F8O4Zr. The second kappa shape index (κ2) is 21.5. The standard InChI is InChI=1S/2C8H6F4O.2C4H10O.Zr/c2*1-3-5(9)7(11)4(2-13)8(12)6(3)10;2*1-2-3-4-5;/h2*13H,2H2,1H3;2*5H,2-4H2,1H3;. The van der Waals surface area contributed by atoms with E-state index in [9.17, 15) is 35.1 Å². The van der Waals surface area contributed by atoms with Crippen molar-refractivity contribution >= 4 is 0 Å². The van der Waals surface area contributed by atoms with Crippen molar-refractivity contribution in [1.82, 2.24) is 0 Å². The summed E-state index contributed by atoms with van der Waals surface area (Å²) in [7, 11) is 0. The third-order valence-electron chi connectivity index (χ3n) is 4.49. The Morgan fingerprint density at radius 3 is 0.784 bits per heavy atom. The minimum atomic E-state index is -1.54. The van der Waals surface area contributed by atoms with Gasteiger partial charge in [0.25, 0.3) is 0 Å². The maximum absolute atomic E-state index is 12.8. The first-order valence-electron chi connectivity index (χ1n) is 10.9. The molecule has 0 unspecified atom stereocenters. The van der Waals surface area contributed by atoms with E-state index in [4.69, 9.17) is 20.4 Å². The maximum Gasteiger partial charge on any atom is 0.167 e. The molecule has 0 spiro atoms. The smallest absolute Gasteiger partial charge is 0.167 e. The molecule has 0 amide bonds. The Hall–Kier alpha value is -1.40. The van der Waals surface area contributed by atoms with E-state index in [2.05, 4.69) is 13.8 Å². The number of halogens is 8. The van der Waals surface area contributed by atoms with Gasteiger partial charge in [0, 0.05) is 50.5 Å². The van der Waals surface area contributed by atoms with E-state index < -0.39 is 82.0 Å². The monoisotopic (exact) mass is 626 g/mol. The van der Waals surface area contributed by atoms with Gasteiger partial charge in [-0.25, -0.2) is 35.1 Å². The van der Waals surface area contributed by atoms with Gasteiger partial charge in [-0.2, -0.15) is 0 Å². The molecule has 0 fully saturated rings. The number of aliphatic hydroxyl groups is 4. The Morgan fingerprint density at radius 2 is 0.676 bits per heavy atom. The molecule has 4 nitrogen and oxygen atoms in total. The zero-order valence-corrected chi connectivity index (χ0v) is 23.4. The third kappa shape index (κ3) is 12.3. The molecule has 0 saturated heterocycles. The summed E-state index contributed by atoms with van der Waals surface area (Å²) in [5.41, 5.74) is -3.43. The zero-order valence-electron chi connectivity index (χ0n) is 21.0. The minimum Gasteiger partial charge on any atom is -0.396 e. The van der Waals surface area contributed by atoms with Gasteiger partial charge in [0.15, 0.2) is 46.5 Å². The third-order valence-corrected chi connectivity index (χ3v) is 4.49. The van der Waals surface area contributed by atoms with Crippen LogP contribution in [-0.4, -0.2) is 33.6 Å². The summed E-state index contributed by atoms with van der Waals surface area (Å²) in [6.07, 6.45) is 4.08. The number of hydrogen-bond donors (Lipinski definition) is 4. The summed E-state index contributed by atoms with van der Waals surface area (Å²) in [4.78, 5) is 0. The molecule has 0 aromatic heterocycles. The number of unbranched alkanes of at least 4 members (excludes halogenated alkanes) is 2. The van der Waals surface area contributed by atoms with Crippen molar-refractivity contribution in [2.45, 2.75) is 66.6 Å². The molecule has 0 atom stereocenters. The van der Waals surface area contributed by atoms with E-state index in [1.54, 1.807) is 0 Å². The van der Waals surface area contributed by atoms with Gasteiger partial charge < -0.3 is 20.4 Å². The van der Waals surface area contributed by atoms with Gasteiger partial charge in [-0.3, -0.25) is 0 Å². The summed E-state index contributed by atoms with van der Waals surface area (Å²) in [6.45, 7) is 4.47. The normalized spacial score (nSPS) is 9.73. The van der Waals surface area contributed by atoms with Gasteiger partial charge in [-0.05, 0) is 26.7 Å². The van der Waals surface area contributed by atoms with Crippen molar-refractivity contribution in [2.24, 2.45) is 0 Å². The minimum absolute atomic E-state index is 0. The van der Waals surface area contributed by atoms with E-state index in [1.165, 1.54) is 0 Å². The van der Waals surface area contributed by atoms with E-state index in [0.29, 0.717) is 13.2 Å². The molecule has 0 radical (unpaired) electrons. The summed E-state index contributed by atoms with van der Waals surface area (Å²) in [5.74, 6) is -12.0. The van der Waals surface area contributed by atoms with Crippen molar-refractivity contribution < 1.29 is 81.8 Å². The maximum atomic E-state index is 12.8. The fraction of sp³-hybridized carbons (Fsp3) is 0.500. The first-order valence-corrected chi connectivity index (χ1v) is 10.9. The van der Waals surface area contributed by atoms with Crippen LogP contribution in [0.25, 0.3) is 0 Å². The molecule has 0 saturated carbocycles. The van der Waals surface area contributed by atoms with E-state index in [0.717, 1.165) is 39.5 Å². The molecule has 0 bridgehead atoms. The van der Waals surface area contributed by atoms with Crippen molar-refractivity contribution in [1.29, 1.82) is 0 Å². The van der Waals surface area contributed by atoms with E-state index >= 15 is 0 Å². The van der Waals surface area contributed by atoms with Crippen LogP contribution < -0.4 is 0 Å². The topological polar surface area (TPSA) is 80.9 Å². The Morgan fingerprint density at radius 1 is 0.459 bits per heavy atom. The molecule has 13 heteroatoms. The second-order valence-electron chi connectivity index (χ2n) is 7.19. The fourth-order valence-electron chi connectivity index (χ4n) is 2.17. The average molecular weight is 628 g/mol. The number of hydrogen-bond acceptors (Lipinski definition) is 4. The van der Waals surface area contributed by atoms with Crippen LogP contribution in [0.1, 0.15) is 61.8 Å². The first-order chi connectivity index (χ1) is 16.8. The predicted molar refractivity (Wildman–Crippen MR) is 118 cm³/mol. The summed E-state index contributed by atoms with van der Waals surface area (Å²) >= 11 is 0. The zero-order chi connectivity index (χ0) is 28.6. The van der Waals surface area contributed by atoms with Crippen molar-refractivity contribution in [3.8, 4) is 0 Å². The van der Waals surface area contributed by atoms with E-state index in [1.807, 2.05) is 0 Å². The van der Waals surface area contributed by atoms with Gasteiger partial charge in [0.05, 0.1) is 24.3 Å². The molecule has 2 aromatic carbocycles. The predicted octanol–water partition coefficient (Wildman–Crippen LogP) is 5.64. The molecule has 4 N–H and O–H groups in total. The van der Waals surface area contributed by atoms with Crippen LogP contribution in [0.4, 0.5) is 35.1 Å². The van der Waals surface area contributed by atoms with Crippen LogP contribution in [0.3, 0.4) is 0 Å².